The average molecular weight is 471 g/mol. The molecule has 3 aromatic rings. The van der Waals surface area contributed by atoms with Crippen LogP contribution >= 0.6 is 46.1 Å². The first-order chi connectivity index (χ1) is 13.8. The fourth-order valence-corrected chi connectivity index (χ4v) is 4.86. The summed E-state index contributed by atoms with van der Waals surface area (Å²) in [6, 6.07) is 9.86. The van der Waals surface area contributed by atoms with Crippen LogP contribution in [0.2, 0.25) is 15.1 Å². The van der Waals surface area contributed by atoms with Gasteiger partial charge in [-0.1, -0.05) is 46.9 Å². The first-order valence-corrected chi connectivity index (χ1v) is 10.2. The molecule has 2 aromatic carbocycles. The van der Waals surface area contributed by atoms with Crippen molar-refractivity contribution in [3.63, 3.8) is 0 Å². The van der Waals surface area contributed by atoms with Gasteiger partial charge in [0.05, 0.1) is 16.6 Å². The molecule has 0 aliphatic carbocycles. The molecule has 10 heteroatoms. The number of hydrogen-bond acceptors (Lipinski definition) is 4. The van der Waals surface area contributed by atoms with E-state index in [0.29, 0.717) is 25.9 Å². The van der Waals surface area contributed by atoms with Crippen LogP contribution in [0.1, 0.15) is 25.6 Å². The Labute approximate surface area is 184 Å². The summed E-state index contributed by atoms with van der Waals surface area (Å²) in [5.41, 5.74) is 6.15. The second-order valence-corrected chi connectivity index (χ2v) is 8.31. The predicted octanol–water partition coefficient (Wildman–Crippen LogP) is 4.01. The van der Waals surface area contributed by atoms with Crippen molar-refractivity contribution in [2.75, 3.05) is 6.54 Å². The Bertz CT molecular complexity index is 1110. The molecule has 3 rings (SSSR count). The van der Waals surface area contributed by atoms with Gasteiger partial charge in [0.15, 0.2) is 0 Å². The van der Waals surface area contributed by atoms with Crippen LogP contribution in [0.15, 0.2) is 36.4 Å². The molecule has 6 nitrogen and oxygen atoms in total. The van der Waals surface area contributed by atoms with Crippen molar-refractivity contribution >= 4 is 73.9 Å². The third-order valence-electron chi connectivity index (χ3n) is 3.95. The minimum Gasteiger partial charge on any atom is -0.368 e. The van der Waals surface area contributed by atoms with Gasteiger partial charge < -0.3 is 16.4 Å². The smallest absolute Gasteiger partial charge is 0.263 e. The Morgan fingerprint density at radius 2 is 1.66 bits per heavy atom. The minimum atomic E-state index is -0.624. The van der Waals surface area contributed by atoms with Crippen molar-refractivity contribution in [3.8, 4) is 0 Å². The second-order valence-electron chi connectivity index (χ2n) is 6.03. The van der Waals surface area contributed by atoms with E-state index in [1.54, 1.807) is 36.4 Å². The van der Waals surface area contributed by atoms with Crippen LogP contribution in [-0.4, -0.2) is 24.3 Å². The highest BCUT2D eigenvalue weighted by molar-refractivity contribution is 7.21. The van der Waals surface area contributed by atoms with Crippen LogP contribution in [0.25, 0.3) is 10.1 Å². The summed E-state index contributed by atoms with van der Waals surface area (Å²) in [5, 5.41) is 6.92. The zero-order chi connectivity index (χ0) is 21.1. The largest absolute Gasteiger partial charge is 0.368 e. The number of nitrogens with one attached hydrogen (secondary N) is 2. The molecule has 0 saturated heterocycles. The Hall–Kier alpha value is -2.32. The van der Waals surface area contributed by atoms with Crippen LogP contribution in [0.4, 0.5) is 0 Å². The van der Waals surface area contributed by atoms with Gasteiger partial charge in [0, 0.05) is 27.2 Å². The summed E-state index contributed by atoms with van der Waals surface area (Å²) in [6.45, 7) is 0.00286. The van der Waals surface area contributed by atoms with Gasteiger partial charge in [-0.3, -0.25) is 14.4 Å². The number of benzene rings is 2. The maximum absolute atomic E-state index is 12.6. The number of primary amides is 1. The van der Waals surface area contributed by atoms with E-state index in [4.69, 9.17) is 40.5 Å². The lowest BCUT2D eigenvalue weighted by Crippen LogP contribution is -2.33. The van der Waals surface area contributed by atoms with Crippen LogP contribution in [0.5, 0.6) is 0 Å². The normalized spacial score (nSPS) is 10.7. The number of rotatable bonds is 6. The molecule has 0 radical (unpaired) electrons. The molecule has 0 atom stereocenters. The van der Waals surface area contributed by atoms with Crippen LogP contribution in [0.3, 0.4) is 0 Å². The molecule has 0 bridgehead atoms. The zero-order valence-electron chi connectivity index (χ0n) is 14.7. The van der Waals surface area contributed by atoms with Gasteiger partial charge in [0.25, 0.3) is 11.8 Å². The SMILES string of the molecule is NC(=O)CNC(=O)c1ccc(CNC(=O)c2sc3cc(Cl)cc(Cl)c3c2Cl)cc1. The van der Waals surface area contributed by atoms with E-state index < -0.39 is 11.8 Å². The lowest BCUT2D eigenvalue weighted by atomic mass is 10.1. The molecule has 29 heavy (non-hydrogen) atoms. The standard InChI is InChI=1S/C19H14Cl3N3O3S/c20-11-5-12(21)15-13(6-11)29-17(16(15)22)19(28)24-7-9-1-3-10(4-2-9)18(27)25-8-14(23)26/h1-6H,7-8H2,(H2,23,26)(H,24,28)(H,25,27). The van der Waals surface area contributed by atoms with Gasteiger partial charge in [-0.15, -0.1) is 11.3 Å². The van der Waals surface area contributed by atoms with E-state index in [2.05, 4.69) is 10.6 Å². The molecular weight excluding hydrogens is 457 g/mol. The highest BCUT2D eigenvalue weighted by Crippen LogP contribution is 2.41. The first kappa shape index (κ1) is 21.4. The van der Waals surface area contributed by atoms with E-state index >= 15 is 0 Å². The van der Waals surface area contributed by atoms with Gasteiger partial charge in [-0.25, -0.2) is 0 Å². The highest BCUT2D eigenvalue weighted by Gasteiger charge is 2.19. The average Bonchev–Trinajstić information content (AvgIpc) is 3.01. The van der Waals surface area contributed by atoms with Crippen molar-refractivity contribution in [1.82, 2.24) is 10.6 Å². The van der Waals surface area contributed by atoms with Crippen molar-refractivity contribution in [2.45, 2.75) is 6.54 Å². The van der Waals surface area contributed by atoms with Crippen molar-refractivity contribution < 1.29 is 14.4 Å². The first-order valence-electron chi connectivity index (χ1n) is 8.27. The van der Waals surface area contributed by atoms with Gasteiger partial charge in [0.2, 0.25) is 5.91 Å². The number of halogens is 3. The van der Waals surface area contributed by atoms with Crippen LogP contribution in [0, 0.1) is 0 Å². The molecule has 0 saturated carbocycles. The fraction of sp³-hybridized carbons (Fsp3) is 0.105. The minimum absolute atomic E-state index is 0.234. The number of thiophene rings is 1. The monoisotopic (exact) mass is 469 g/mol. The zero-order valence-corrected chi connectivity index (χ0v) is 17.8. The number of amides is 3. The van der Waals surface area contributed by atoms with E-state index in [9.17, 15) is 14.4 Å². The van der Waals surface area contributed by atoms with Crippen molar-refractivity contribution in [1.29, 1.82) is 0 Å². The van der Waals surface area contributed by atoms with Gasteiger partial charge in [-0.2, -0.15) is 0 Å². The third-order valence-corrected chi connectivity index (χ3v) is 6.09. The molecule has 0 unspecified atom stereocenters. The molecule has 1 aromatic heterocycles. The summed E-state index contributed by atoms with van der Waals surface area (Å²) in [7, 11) is 0. The molecule has 4 N–H and O–H groups in total. The lowest BCUT2D eigenvalue weighted by Gasteiger charge is -2.06. The Morgan fingerprint density at radius 3 is 2.31 bits per heavy atom. The van der Waals surface area contributed by atoms with E-state index in [0.717, 1.165) is 10.3 Å². The lowest BCUT2D eigenvalue weighted by molar-refractivity contribution is -0.117. The topological polar surface area (TPSA) is 101 Å². The number of hydrogen-bond donors (Lipinski definition) is 3. The summed E-state index contributed by atoms with van der Waals surface area (Å²) in [6.07, 6.45) is 0. The summed E-state index contributed by atoms with van der Waals surface area (Å²) >= 11 is 19.7. The number of carbonyl (C=O) groups excluding carboxylic acids is 3. The molecule has 150 valence electrons. The maximum Gasteiger partial charge on any atom is 0.263 e. The number of fused-ring (bicyclic) bond motifs is 1. The number of carbonyl (C=O) groups is 3. The Balaban J connectivity index is 1.67. The Kier molecular flexibility index (Phi) is 6.64. The van der Waals surface area contributed by atoms with Crippen molar-refractivity contribution in [3.05, 3.63) is 67.5 Å². The molecule has 1 heterocycles. The van der Waals surface area contributed by atoms with Crippen LogP contribution in [-0.2, 0) is 11.3 Å². The van der Waals surface area contributed by atoms with E-state index in [1.807, 2.05) is 0 Å². The molecule has 0 aliphatic rings. The maximum atomic E-state index is 12.6. The second kappa shape index (κ2) is 9.00. The summed E-state index contributed by atoms with van der Waals surface area (Å²) in [5.74, 6) is -1.38. The third kappa shape index (κ3) is 5.00. The van der Waals surface area contributed by atoms with Crippen molar-refractivity contribution in [2.24, 2.45) is 5.73 Å². The van der Waals surface area contributed by atoms with E-state index in [-0.39, 0.29) is 24.0 Å². The molecular formula is C19H14Cl3N3O3S. The van der Waals surface area contributed by atoms with E-state index in [1.165, 1.54) is 11.3 Å². The predicted molar refractivity (Wildman–Crippen MR) is 116 cm³/mol. The quantitative estimate of drug-likeness (QED) is 0.507. The van der Waals surface area contributed by atoms with Gasteiger partial charge in [-0.05, 0) is 29.8 Å². The molecule has 0 fully saturated rings. The molecule has 3 amide bonds. The highest BCUT2D eigenvalue weighted by atomic mass is 35.5. The van der Waals surface area contributed by atoms with Crippen LogP contribution < -0.4 is 16.4 Å². The number of nitrogens with two attached hydrogens (primary N) is 1. The molecule has 0 aliphatic heterocycles. The fourth-order valence-electron chi connectivity index (χ4n) is 2.56. The van der Waals surface area contributed by atoms with Gasteiger partial charge in [0.1, 0.15) is 4.88 Å². The Morgan fingerprint density at radius 1 is 0.966 bits per heavy atom. The van der Waals surface area contributed by atoms with Gasteiger partial charge >= 0.3 is 0 Å². The summed E-state index contributed by atoms with van der Waals surface area (Å²) in [4.78, 5) is 35.5. The summed E-state index contributed by atoms with van der Waals surface area (Å²) < 4.78 is 0.726. The molecule has 0 spiro atoms.